The molecular weight excluding hydrogens is 1290 g/mol. The predicted octanol–water partition coefficient (Wildman–Crippen LogP) is 26.5. The second-order valence-corrected chi connectivity index (χ2v) is 30.8. The van der Waals surface area contributed by atoms with Gasteiger partial charge in [0.25, 0.3) is 0 Å². The topological polar surface area (TPSA) is 13.0 Å². The maximum absolute atomic E-state index is 2.42. The van der Waals surface area contributed by atoms with E-state index in [1.807, 2.05) is 0 Å². The summed E-state index contributed by atoms with van der Waals surface area (Å²) in [5.74, 6) is 0. The average molecular weight is 1390 g/mol. The Balaban J connectivity index is 0.000000111. The van der Waals surface area contributed by atoms with Crippen LogP contribution >= 0.6 is 0 Å². The highest BCUT2D eigenvalue weighted by Gasteiger charge is 2.47. The lowest BCUT2D eigenvalue weighted by Crippen LogP contribution is -2.28. The lowest BCUT2D eigenvalue weighted by atomic mass is 9.67. The first kappa shape index (κ1) is 69.6. The molecule has 4 heteroatoms. The van der Waals surface area contributed by atoms with Crippen LogP contribution in [-0.2, 0) is 22.7 Å². The first-order valence-corrected chi connectivity index (χ1v) is 38.4. The summed E-state index contributed by atoms with van der Waals surface area (Å²) in [7, 11) is 8.57. The van der Waals surface area contributed by atoms with Gasteiger partial charge in [-0.1, -0.05) is 286 Å². The van der Waals surface area contributed by atoms with Crippen molar-refractivity contribution in [2.24, 2.45) is 0 Å². The molecule has 0 radical (unpaired) electrons. The highest BCUT2D eigenvalue weighted by Crippen LogP contribution is 2.59. The predicted molar refractivity (Wildman–Crippen MR) is 455 cm³/mol. The molecule has 14 aromatic rings. The van der Waals surface area contributed by atoms with Gasteiger partial charge in [0.2, 0.25) is 0 Å². The molecule has 107 heavy (non-hydrogen) atoms. The van der Waals surface area contributed by atoms with Gasteiger partial charge in [0.05, 0.1) is 5.41 Å². The molecule has 4 nitrogen and oxygen atoms in total. The second-order valence-electron chi connectivity index (χ2n) is 30.8. The number of hydrogen-bond donors (Lipinski definition) is 0. The molecule has 0 saturated heterocycles. The molecule has 0 bridgehead atoms. The first-order chi connectivity index (χ1) is 52.1. The quantitative estimate of drug-likeness (QED) is 0.135. The van der Waals surface area contributed by atoms with E-state index in [1.165, 1.54) is 189 Å². The Morgan fingerprint density at radius 3 is 0.916 bits per heavy atom. The highest BCUT2D eigenvalue weighted by atomic mass is 15.1. The summed E-state index contributed by atoms with van der Waals surface area (Å²) in [6, 6.07) is 120. The first-order valence-electron chi connectivity index (χ1n) is 38.4. The van der Waals surface area contributed by atoms with Crippen molar-refractivity contribution in [2.45, 2.75) is 96.3 Å². The van der Waals surface area contributed by atoms with Crippen molar-refractivity contribution < 1.29 is 0 Å². The van der Waals surface area contributed by atoms with Crippen molar-refractivity contribution in [3.63, 3.8) is 0 Å². The molecule has 528 valence electrons. The fraction of sp³-hybridized carbons (Fsp3) is 0.184. The second kappa shape index (κ2) is 29.0. The van der Waals surface area contributed by atoms with Crippen LogP contribution in [0.2, 0.25) is 0 Å². The van der Waals surface area contributed by atoms with Crippen molar-refractivity contribution in [2.75, 3.05) is 47.8 Å². The summed E-state index contributed by atoms with van der Waals surface area (Å²) in [6.07, 6.45) is 7.72. The molecule has 0 aromatic heterocycles. The van der Waals surface area contributed by atoms with Crippen LogP contribution in [-0.4, -0.2) is 28.2 Å². The van der Waals surface area contributed by atoms with Crippen LogP contribution in [0.5, 0.6) is 0 Å². The molecule has 1 saturated carbocycles. The molecule has 0 heterocycles. The summed E-state index contributed by atoms with van der Waals surface area (Å²) in [6.45, 7) is 13.4. The van der Waals surface area contributed by atoms with Crippen LogP contribution in [0.4, 0.5) is 45.5 Å². The summed E-state index contributed by atoms with van der Waals surface area (Å²) in [5, 5.41) is 0. The van der Waals surface area contributed by atoms with E-state index < -0.39 is 0 Å². The van der Waals surface area contributed by atoms with E-state index in [2.05, 4.69) is 417 Å². The number of benzene rings is 14. The largest absolute Gasteiger partial charge is 0.345 e. The van der Waals surface area contributed by atoms with Gasteiger partial charge in [0, 0.05) is 84.5 Å². The van der Waals surface area contributed by atoms with Gasteiger partial charge in [-0.2, -0.15) is 0 Å². The van der Waals surface area contributed by atoms with Gasteiger partial charge in [-0.25, -0.2) is 0 Å². The van der Waals surface area contributed by atoms with Crippen molar-refractivity contribution in [3.05, 3.63) is 405 Å². The molecule has 14 aromatic carbocycles. The molecule has 0 amide bonds. The average Bonchev–Trinajstić information content (AvgIpc) is 1.60. The zero-order valence-electron chi connectivity index (χ0n) is 63.7. The normalized spacial score (nSPS) is 14.1. The van der Waals surface area contributed by atoms with E-state index >= 15 is 0 Å². The van der Waals surface area contributed by atoms with Gasteiger partial charge >= 0.3 is 0 Å². The standard InChI is InChI=1S/C33H27N.C26H27N.C23H23N.C21H19N/c1-24-18-20-31-29(22-24)30-23-28(34(2)27-16-10-5-11-17-27)19-21-32(30)33(31,25-12-6-3-7-13-25)26-14-8-4-9-15-26;1-19-11-13-24-22(17-19)23-18-21(27(2)20-9-5-3-6-10-20)12-14-25(23)26(24)15-7-4-8-16-26;1-16-10-12-21-19(14-16)20-15-18(11-13-22(20)23(21,2)3)24(4)17-8-6-5-7-9-17;1-15-8-9-16-13-17-10-11-19(14-21(17)20(16)12-15)22(2)18-6-4-3-5-7-18/h3-23H,1-2H3;3,5-6,9-14,17-18H,4,7-8,15-16H2,1-2H3;5-15H,1-4H3;3-12,14H,13H2,1-2H3. The molecule has 19 rings (SSSR count). The van der Waals surface area contributed by atoms with Gasteiger partial charge < -0.3 is 19.6 Å². The Morgan fingerprint density at radius 2 is 0.495 bits per heavy atom. The third kappa shape index (κ3) is 12.8. The van der Waals surface area contributed by atoms with Crippen LogP contribution in [0.3, 0.4) is 0 Å². The fourth-order valence-electron chi connectivity index (χ4n) is 18.1. The Kier molecular flexibility index (Phi) is 18.9. The summed E-state index contributed by atoms with van der Waals surface area (Å²) in [4.78, 5) is 9.05. The molecule has 5 aliphatic carbocycles. The lowest BCUT2D eigenvalue weighted by molar-refractivity contribution is 0.353. The third-order valence-corrected chi connectivity index (χ3v) is 23.9. The van der Waals surface area contributed by atoms with Crippen molar-refractivity contribution in [1.82, 2.24) is 0 Å². The fourth-order valence-corrected chi connectivity index (χ4v) is 18.1. The Hall–Kier alpha value is -11.7. The molecule has 5 aliphatic rings. The molecule has 1 spiro atoms. The molecule has 0 aliphatic heterocycles. The van der Waals surface area contributed by atoms with E-state index in [9.17, 15) is 0 Å². The number of anilines is 8. The molecular formula is C103H96N4. The Bertz CT molecular complexity index is 5500. The van der Waals surface area contributed by atoms with Crippen LogP contribution in [0.25, 0.3) is 44.5 Å². The lowest BCUT2D eigenvalue weighted by Gasteiger charge is -2.36. The van der Waals surface area contributed by atoms with E-state index in [1.54, 1.807) is 11.1 Å². The maximum Gasteiger partial charge on any atom is 0.0713 e. The number of rotatable bonds is 10. The number of nitrogens with zero attached hydrogens (tertiary/aromatic N) is 4. The molecule has 0 N–H and O–H groups in total. The number of para-hydroxylation sites is 4. The summed E-state index contributed by atoms with van der Waals surface area (Å²) in [5.41, 5.74) is 40.3. The maximum atomic E-state index is 2.42. The van der Waals surface area contributed by atoms with Crippen LogP contribution in [0.15, 0.2) is 328 Å². The third-order valence-electron chi connectivity index (χ3n) is 23.9. The van der Waals surface area contributed by atoms with Crippen LogP contribution in [0, 0.1) is 27.7 Å². The highest BCUT2D eigenvalue weighted by molar-refractivity contribution is 5.91. The molecule has 0 unspecified atom stereocenters. The zero-order valence-corrected chi connectivity index (χ0v) is 63.7. The zero-order chi connectivity index (χ0) is 73.6. The summed E-state index contributed by atoms with van der Waals surface area (Å²) < 4.78 is 0. The Morgan fingerprint density at radius 1 is 0.234 bits per heavy atom. The SMILES string of the molecule is Cc1ccc2c(c1)-c1cc(N(C)c3ccccc3)ccc1C2.Cc1ccc2c(c1)-c1cc(N(C)c3ccccc3)ccc1C2(C)C.Cc1ccc2c(c1)-c1cc(N(C)c3ccccc3)ccc1C2(c1ccccc1)c1ccccc1.Cc1ccc2c(c1)-c1cc(N(C)c3ccccc3)ccc1C21CCCCC1. The minimum absolute atomic E-state index is 0.0716. The number of aryl methyl sites for hydroxylation is 4. The van der Waals surface area contributed by atoms with E-state index in [0.717, 1.165) is 6.42 Å². The molecule has 1 fully saturated rings. The number of fused-ring (bicyclic) bond motifs is 14. The smallest absolute Gasteiger partial charge is 0.0713 e. The van der Waals surface area contributed by atoms with Gasteiger partial charge in [0.1, 0.15) is 0 Å². The van der Waals surface area contributed by atoms with E-state index in [-0.39, 0.29) is 16.2 Å². The van der Waals surface area contributed by atoms with Crippen LogP contribution in [0.1, 0.15) is 124 Å². The minimum Gasteiger partial charge on any atom is -0.345 e. The van der Waals surface area contributed by atoms with E-state index in [0.29, 0.717) is 0 Å². The van der Waals surface area contributed by atoms with Crippen molar-refractivity contribution in [1.29, 1.82) is 0 Å². The van der Waals surface area contributed by atoms with E-state index in [4.69, 9.17) is 0 Å². The monoisotopic (exact) mass is 1390 g/mol. The summed E-state index contributed by atoms with van der Waals surface area (Å²) >= 11 is 0. The van der Waals surface area contributed by atoms with Gasteiger partial charge in [-0.05, 0) is 244 Å². The van der Waals surface area contributed by atoms with Crippen molar-refractivity contribution in [3.8, 4) is 44.5 Å². The van der Waals surface area contributed by atoms with Gasteiger partial charge in [-0.15, -0.1) is 0 Å². The Labute approximate surface area is 635 Å². The van der Waals surface area contributed by atoms with Crippen LogP contribution < -0.4 is 19.6 Å². The minimum atomic E-state index is -0.343. The van der Waals surface area contributed by atoms with Crippen molar-refractivity contribution >= 4 is 45.5 Å². The van der Waals surface area contributed by atoms with Gasteiger partial charge in [-0.3, -0.25) is 0 Å². The number of hydrogen-bond acceptors (Lipinski definition) is 4. The molecule has 0 atom stereocenters. The van der Waals surface area contributed by atoms with Gasteiger partial charge in [0.15, 0.2) is 0 Å².